The number of halogens is 1. The summed E-state index contributed by atoms with van der Waals surface area (Å²) in [6.07, 6.45) is 0. The van der Waals surface area contributed by atoms with Gasteiger partial charge < -0.3 is 15.3 Å². The maximum absolute atomic E-state index is 12.2. The summed E-state index contributed by atoms with van der Waals surface area (Å²) in [4.78, 5) is 14.0. The van der Waals surface area contributed by atoms with Crippen LogP contribution in [0.3, 0.4) is 0 Å². The monoisotopic (exact) mass is 298 g/mol. The van der Waals surface area contributed by atoms with Crippen molar-refractivity contribution in [2.24, 2.45) is 0 Å². The highest BCUT2D eigenvalue weighted by molar-refractivity contribution is 9.10. The second kappa shape index (κ2) is 5.06. The molecule has 0 unspecified atom stereocenters. The molecule has 0 radical (unpaired) electrons. The molecule has 17 heavy (non-hydrogen) atoms. The molecule has 2 rings (SSSR count). The van der Waals surface area contributed by atoms with Crippen LogP contribution >= 0.6 is 15.9 Å². The van der Waals surface area contributed by atoms with Gasteiger partial charge in [-0.3, -0.25) is 4.79 Å². The number of carbonyl (C=O) groups excluding carboxylic acids is 1. The van der Waals surface area contributed by atoms with Crippen LogP contribution in [0, 0.1) is 0 Å². The molecule has 5 heteroatoms. The summed E-state index contributed by atoms with van der Waals surface area (Å²) in [5, 5.41) is 13.0. The normalized spacial score (nSPS) is 20.4. The topological polar surface area (TPSA) is 52.6 Å². The molecule has 1 aromatic carbocycles. The van der Waals surface area contributed by atoms with Crippen LogP contribution in [-0.4, -0.2) is 41.6 Å². The summed E-state index contributed by atoms with van der Waals surface area (Å²) in [6.45, 7) is 4.19. The van der Waals surface area contributed by atoms with E-state index in [1.807, 2.05) is 6.92 Å². The average molecular weight is 299 g/mol. The number of phenolic OH excluding ortho intramolecular Hbond substituents is 1. The lowest BCUT2D eigenvalue weighted by Gasteiger charge is -2.32. The molecular weight excluding hydrogens is 284 g/mol. The summed E-state index contributed by atoms with van der Waals surface area (Å²) in [5.74, 6) is -0.0843. The highest BCUT2D eigenvalue weighted by atomic mass is 79.9. The van der Waals surface area contributed by atoms with Gasteiger partial charge in [-0.15, -0.1) is 0 Å². The lowest BCUT2D eigenvalue weighted by atomic mass is 10.1. The summed E-state index contributed by atoms with van der Waals surface area (Å²) >= 11 is 3.26. The minimum absolute atomic E-state index is 0.0237. The molecule has 1 heterocycles. The van der Waals surface area contributed by atoms with Crippen molar-refractivity contribution in [2.75, 3.05) is 19.6 Å². The van der Waals surface area contributed by atoms with E-state index in [9.17, 15) is 9.90 Å². The summed E-state index contributed by atoms with van der Waals surface area (Å²) < 4.78 is 0.764. The Labute approximate surface area is 109 Å². The first-order valence-corrected chi connectivity index (χ1v) is 6.38. The van der Waals surface area contributed by atoms with Gasteiger partial charge in [0.2, 0.25) is 0 Å². The number of aromatic hydroxyl groups is 1. The molecule has 0 aliphatic carbocycles. The van der Waals surface area contributed by atoms with Crippen LogP contribution in [-0.2, 0) is 0 Å². The SMILES string of the molecule is C[C@H]1CN(C(=O)c2ccc(Br)cc2O)CCN1. The quantitative estimate of drug-likeness (QED) is 0.828. The predicted molar refractivity (Wildman–Crippen MR) is 69.2 cm³/mol. The van der Waals surface area contributed by atoms with Crippen molar-refractivity contribution in [3.8, 4) is 5.75 Å². The van der Waals surface area contributed by atoms with E-state index in [0.29, 0.717) is 24.7 Å². The first-order chi connectivity index (χ1) is 8.08. The van der Waals surface area contributed by atoms with Gasteiger partial charge in [-0.05, 0) is 25.1 Å². The van der Waals surface area contributed by atoms with Crippen molar-refractivity contribution in [1.29, 1.82) is 0 Å². The number of piperazine rings is 1. The molecule has 1 fully saturated rings. The number of benzene rings is 1. The second-order valence-corrected chi connectivity index (χ2v) is 5.18. The zero-order valence-electron chi connectivity index (χ0n) is 9.61. The summed E-state index contributed by atoms with van der Waals surface area (Å²) in [6, 6.07) is 5.25. The van der Waals surface area contributed by atoms with Crippen LogP contribution in [0.1, 0.15) is 17.3 Å². The Morgan fingerprint density at radius 2 is 2.35 bits per heavy atom. The van der Waals surface area contributed by atoms with E-state index < -0.39 is 0 Å². The molecule has 92 valence electrons. The predicted octanol–water partition coefficient (Wildman–Crippen LogP) is 1.59. The van der Waals surface area contributed by atoms with Gasteiger partial charge in [0.1, 0.15) is 5.75 Å². The molecule has 1 atom stereocenters. The minimum atomic E-state index is -0.108. The van der Waals surface area contributed by atoms with Gasteiger partial charge in [0.15, 0.2) is 0 Å². The Hall–Kier alpha value is -1.07. The Morgan fingerprint density at radius 3 is 3.00 bits per heavy atom. The number of rotatable bonds is 1. The largest absolute Gasteiger partial charge is 0.507 e. The Balaban J connectivity index is 2.18. The van der Waals surface area contributed by atoms with E-state index in [1.54, 1.807) is 23.1 Å². The highest BCUT2D eigenvalue weighted by Gasteiger charge is 2.23. The van der Waals surface area contributed by atoms with Gasteiger partial charge in [-0.1, -0.05) is 15.9 Å². The maximum Gasteiger partial charge on any atom is 0.257 e. The molecule has 4 nitrogen and oxygen atoms in total. The molecular formula is C12H15BrN2O2. The first kappa shape index (κ1) is 12.4. The van der Waals surface area contributed by atoms with Crippen molar-refractivity contribution in [3.63, 3.8) is 0 Å². The third kappa shape index (κ3) is 2.79. The minimum Gasteiger partial charge on any atom is -0.507 e. The lowest BCUT2D eigenvalue weighted by Crippen LogP contribution is -2.51. The van der Waals surface area contributed by atoms with E-state index in [4.69, 9.17) is 0 Å². The molecule has 0 spiro atoms. The van der Waals surface area contributed by atoms with E-state index in [1.165, 1.54) is 0 Å². The maximum atomic E-state index is 12.2. The van der Waals surface area contributed by atoms with Crippen molar-refractivity contribution in [3.05, 3.63) is 28.2 Å². The van der Waals surface area contributed by atoms with Gasteiger partial charge in [-0.2, -0.15) is 0 Å². The molecule has 1 amide bonds. The van der Waals surface area contributed by atoms with E-state index >= 15 is 0 Å². The molecule has 0 saturated carbocycles. The molecule has 1 aliphatic heterocycles. The molecule has 1 aromatic rings. The smallest absolute Gasteiger partial charge is 0.257 e. The summed E-state index contributed by atoms with van der Waals surface area (Å²) in [7, 11) is 0. The number of nitrogens with one attached hydrogen (secondary N) is 1. The number of hydrogen-bond donors (Lipinski definition) is 2. The third-order valence-electron chi connectivity index (χ3n) is 2.85. The zero-order valence-corrected chi connectivity index (χ0v) is 11.2. The molecule has 0 bridgehead atoms. The molecule has 1 saturated heterocycles. The first-order valence-electron chi connectivity index (χ1n) is 5.59. The van der Waals surface area contributed by atoms with Crippen LogP contribution in [0.15, 0.2) is 22.7 Å². The van der Waals surface area contributed by atoms with Gasteiger partial charge in [-0.25, -0.2) is 0 Å². The van der Waals surface area contributed by atoms with Crippen molar-refractivity contribution in [1.82, 2.24) is 10.2 Å². The van der Waals surface area contributed by atoms with Crippen LogP contribution in [0.2, 0.25) is 0 Å². The fraction of sp³-hybridized carbons (Fsp3) is 0.417. The van der Waals surface area contributed by atoms with Crippen molar-refractivity contribution in [2.45, 2.75) is 13.0 Å². The number of nitrogens with zero attached hydrogens (tertiary/aromatic N) is 1. The Kier molecular flexibility index (Phi) is 3.69. The molecule has 0 aromatic heterocycles. The standard InChI is InChI=1S/C12H15BrN2O2/c1-8-7-15(5-4-14-8)12(17)10-3-2-9(13)6-11(10)16/h2-3,6,8,14,16H,4-5,7H2,1H3/t8-/m0/s1. The fourth-order valence-corrected chi connectivity index (χ4v) is 2.32. The van der Waals surface area contributed by atoms with Crippen LogP contribution in [0.4, 0.5) is 0 Å². The van der Waals surface area contributed by atoms with E-state index in [-0.39, 0.29) is 11.7 Å². The van der Waals surface area contributed by atoms with Gasteiger partial charge in [0.25, 0.3) is 5.91 Å². The van der Waals surface area contributed by atoms with Gasteiger partial charge in [0, 0.05) is 30.1 Å². The van der Waals surface area contributed by atoms with E-state index in [2.05, 4.69) is 21.2 Å². The summed E-state index contributed by atoms with van der Waals surface area (Å²) in [5.41, 5.74) is 0.363. The molecule has 1 aliphatic rings. The van der Waals surface area contributed by atoms with Gasteiger partial charge >= 0.3 is 0 Å². The average Bonchev–Trinajstić information content (AvgIpc) is 2.28. The van der Waals surface area contributed by atoms with Gasteiger partial charge in [0.05, 0.1) is 5.56 Å². The van der Waals surface area contributed by atoms with Crippen molar-refractivity contribution >= 4 is 21.8 Å². The van der Waals surface area contributed by atoms with Crippen LogP contribution in [0.25, 0.3) is 0 Å². The van der Waals surface area contributed by atoms with Crippen LogP contribution < -0.4 is 5.32 Å². The molecule has 2 N–H and O–H groups in total. The van der Waals surface area contributed by atoms with Crippen molar-refractivity contribution < 1.29 is 9.90 Å². The zero-order chi connectivity index (χ0) is 12.4. The number of hydrogen-bond acceptors (Lipinski definition) is 3. The van der Waals surface area contributed by atoms with E-state index in [0.717, 1.165) is 11.0 Å². The lowest BCUT2D eigenvalue weighted by molar-refractivity contribution is 0.0706. The number of carbonyl (C=O) groups is 1. The Morgan fingerprint density at radius 1 is 1.59 bits per heavy atom. The second-order valence-electron chi connectivity index (χ2n) is 4.27. The fourth-order valence-electron chi connectivity index (χ4n) is 1.97. The number of amides is 1. The Bertz CT molecular complexity index is 437. The van der Waals surface area contributed by atoms with Crippen LogP contribution in [0.5, 0.6) is 5.75 Å². The highest BCUT2D eigenvalue weighted by Crippen LogP contribution is 2.23. The third-order valence-corrected chi connectivity index (χ3v) is 3.34. The number of phenols is 1.